The second kappa shape index (κ2) is 6.66. The number of nitrogens with two attached hydrogens (primary N) is 1. The van der Waals surface area contributed by atoms with Gasteiger partial charge < -0.3 is 16.0 Å². The summed E-state index contributed by atoms with van der Waals surface area (Å²) in [7, 11) is 0. The van der Waals surface area contributed by atoms with Gasteiger partial charge in [-0.2, -0.15) is 0 Å². The number of likely N-dealkylation sites (tertiary alicyclic amines) is 1. The Morgan fingerprint density at radius 1 is 1.24 bits per heavy atom. The van der Waals surface area contributed by atoms with Crippen LogP contribution in [0, 0.1) is 23.7 Å². The Kier molecular flexibility index (Phi) is 4.85. The van der Waals surface area contributed by atoms with Crippen molar-refractivity contribution in [2.45, 2.75) is 51.5 Å². The lowest BCUT2D eigenvalue weighted by atomic mass is 9.84. The molecule has 2 bridgehead atoms. The van der Waals surface area contributed by atoms with Crippen LogP contribution in [0.3, 0.4) is 0 Å². The molecular weight excluding hydrogens is 262 g/mol. The summed E-state index contributed by atoms with van der Waals surface area (Å²) >= 11 is 0. The van der Waals surface area contributed by atoms with Gasteiger partial charge in [-0.15, -0.1) is 0 Å². The van der Waals surface area contributed by atoms with Crippen molar-refractivity contribution >= 4 is 5.91 Å². The number of hydrogen-bond donors (Lipinski definition) is 2. The minimum atomic E-state index is 0.0888. The highest BCUT2D eigenvalue weighted by molar-refractivity contribution is 5.80. The third-order valence-electron chi connectivity index (χ3n) is 5.93. The SMILES string of the molecule is CC(CNC(=O)C1C2CCC(C2)C1N)CN1CCCCC1. The van der Waals surface area contributed by atoms with Crippen LogP contribution in [-0.2, 0) is 4.79 Å². The van der Waals surface area contributed by atoms with Crippen LogP contribution in [0.5, 0.6) is 0 Å². The fraction of sp³-hybridized carbons (Fsp3) is 0.941. The van der Waals surface area contributed by atoms with Gasteiger partial charge >= 0.3 is 0 Å². The number of nitrogens with zero attached hydrogens (tertiary/aromatic N) is 1. The minimum absolute atomic E-state index is 0.0888. The largest absolute Gasteiger partial charge is 0.355 e. The first kappa shape index (κ1) is 15.3. The summed E-state index contributed by atoms with van der Waals surface area (Å²) in [6.07, 6.45) is 7.67. The third-order valence-corrected chi connectivity index (χ3v) is 5.93. The molecule has 0 aromatic rings. The van der Waals surface area contributed by atoms with E-state index in [0.717, 1.165) is 13.1 Å². The van der Waals surface area contributed by atoms with Crippen LogP contribution in [-0.4, -0.2) is 43.0 Å². The Balaban J connectivity index is 1.41. The van der Waals surface area contributed by atoms with Crippen LogP contribution in [0.25, 0.3) is 0 Å². The first-order valence-corrected chi connectivity index (χ1v) is 8.91. The van der Waals surface area contributed by atoms with E-state index in [1.807, 2.05) is 0 Å². The molecular formula is C17H31N3O. The Hall–Kier alpha value is -0.610. The van der Waals surface area contributed by atoms with Crippen LogP contribution in [0.2, 0.25) is 0 Å². The van der Waals surface area contributed by atoms with Gasteiger partial charge in [-0.1, -0.05) is 13.3 Å². The molecule has 1 saturated heterocycles. The average molecular weight is 293 g/mol. The Morgan fingerprint density at radius 2 is 1.95 bits per heavy atom. The topological polar surface area (TPSA) is 58.4 Å². The molecule has 3 fully saturated rings. The molecule has 0 aromatic carbocycles. The molecule has 3 N–H and O–H groups in total. The fourth-order valence-corrected chi connectivity index (χ4v) is 4.76. The molecule has 3 aliphatic rings. The van der Waals surface area contributed by atoms with Crippen LogP contribution in [0.1, 0.15) is 45.4 Å². The van der Waals surface area contributed by atoms with Crippen molar-refractivity contribution in [1.29, 1.82) is 0 Å². The van der Waals surface area contributed by atoms with Gasteiger partial charge in [-0.3, -0.25) is 4.79 Å². The molecule has 4 heteroatoms. The number of nitrogens with one attached hydrogen (secondary N) is 1. The molecule has 5 unspecified atom stereocenters. The molecule has 0 aromatic heterocycles. The van der Waals surface area contributed by atoms with Gasteiger partial charge in [-0.05, 0) is 62.9 Å². The Bertz CT molecular complexity index is 365. The third kappa shape index (κ3) is 3.42. The quantitative estimate of drug-likeness (QED) is 0.809. The van der Waals surface area contributed by atoms with E-state index in [1.54, 1.807) is 0 Å². The summed E-state index contributed by atoms with van der Waals surface area (Å²) < 4.78 is 0. The van der Waals surface area contributed by atoms with Crippen molar-refractivity contribution in [2.75, 3.05) is 26.2 Å². The lowest BCUT2D eigenvalue weighted by molar-refractivity contribution is -0.127. The highest BCUT2D eigenvalue weighted by Gasteiger charge is 2.48. The van der Waals surface area contributed by atoms with Crippen molar-refractivity contribution in [3.05, 3.63) is 0 Å². The standard InChI is InChI=1S/C17H31N3O/c1-12(11-20-7-3-2-4-8-20)10-19-17(21)15-13-5-6-14(9-13)16(15)18/h12-16H,2-11,18H2,1H3,(H,19,21). The number of piperidine rings is 1. The highest BCUT2D eigenvalue weighted by atomic mass is 16.1. The van der Waals surface area contributed by atoms with Crippen molar-refractivity contribution < 1.29 is 4.79 Å². The van der Waals surface area contributed by atoms with E-state index in [1.165, 1.54) is 51.6 Å². The monoisotopic (exact) mass is 293 g/mol. The van der Waals surface area contributed by atoms with E-state index in [9.17, 15) is 4.79 Å². The smallest absolute Gasteiger partial charge is 0.224 e. The molecule has 5 atom stereocenters. The van der Waals surface area contributed by atoms with Gasteiger partial charge in [0, 0.05) is 19.1 Å². The van der Waals surface area contributed by atoms with E-state index in [0.29, 0.717) is 17.8 Å². The van der Waals surface area contributed by atoms with Gasteiger partial charge in [0.2, 0.25) is 5.91 Å². The lowest BCUT2D eigenvalue weighted by Gasteiger charge is -2.30. The van der Waals surface area contributed by atoms with Crippen molar-refractivity contribution in [1.82, 2.24) is 10.2 Å². The highest BCUT2D eigenvalue weighted by Crippen LogP contribution is 2.47. The molecule has 0 spiro atoms. The van der Waals surface area contributed by atoms with Crippen molar-refractivity contribution in [3.8, 4) is 0 Å². The Morgan fingerprint density at radius 3 is 2.62 bits per heavy atom. The molecule has 0 radical (unpaired) electrons. The Labute approximate surface area is 128 Å². The average Bonchev–Trinajstić information content (AvgIpc) is 3.07. The molecule has 2 saturated carbocycles. The zero-order chi connectivity index (χ0) is 14.8. The molecule has 1 heterocycles. The van der Waals surface area contributed by atoms with Gasteiger partial charge in [0.25, 0.3) is 0 Å². The fourth-order valence-electron chi connectivity index (χ4n) is 4.76. The second-order valence-electron chi connectivity index (χ2n) is 7.65. The summed E-state index contributed by atoms with van der Waals surface area (Å²) in [4.78, 5) is 15.0. The maximum atomic E-state index is 12.4. The molecule has 3 rings (SSSR count). The summed E-state index contributed by atoms with van der Waals surface area (Å²) in [6, 6.07) is 0.112. The molecule has 1 amide bonds. The first-order valence-electron chi connectivity index (χ1n) is 8.91. The maximum Gasteiger partial charge on any atom is 0.224 e. The zero-order valence-electron chi connectivity index (χ0n) is 13.4. The zero-order valence-corrected chi connectivity index (χ0v) is 13.4. The number of carbonyl (C=O) groups excluding carboxylic acids is 1. The van der Waals surface area contributed by atoms with Crippen LogP contribution in [0.4, 0.5) is 0 Å². The second-order valence-corrected chi connectivity index (χ2v) is 7.65. The van der Waals surface area contributed by atoms with Crippen molar-refractivity contribution in [3.63, 3.8) is 0 Å². The van der Waals surface area contributed by atoms with E-state index in [2.05, 4.69) is 17.1 Å². The first-order chi connectivity index (χ1) is 10.1. The molecule has 120 valence electrons. The van der Waals surface area contributed by atoms with Gasteiger partial charge in [0.1, 0.15) is 0 Å². The van der Waals surface area contributed by atoms with E-state index in [4.69, 9.17) is 5.73 Å². The van der Waals surface area contributed by atoms with Crippen molar-refractivity contribution in [2.24, 2.45) is 29.4 Å². The molecule has 4 nitrogen and oxygen atoms in total. The van der Waals surface area contributed by atoms with E-state index in [-0.39, 0.29) is 17.9 Å². The number of fused-ring (bicyclic) bond motifs is 2. The van der Waals surface area contributed by atoms with Crippen LogP contribution in [0.15, 0.2) is 0 Å². The molecule has 2 aliphatic carbocycles. The molecule has 21 heavy (non-hydrogen) atoms. The number of rotatable bonds is 5. The van der Waals surface area contributed by atoms with E-state index < -0.39 is 0 Å². The summed E-state index contributed by atoms with van der Waals surface area (Å²) in [5.74, 6) is 2.01. The summed E-state index contributed by atoms with van der Waals surface area (Å²) in [6.45, 7) is 6.62. The summed E-state index contributed by atoms with van der Waals surface area (Å²) in [5, 5.41) is 3.18. The number of amides is 1. The van der Waals surface area contributed by atoms with Gasteiger partial charge in [-0.25, -0.2) is 0 Å². The molecule has 1 aliphatic heterocycles. The predicted octanol–water partition coefficient (Wildman–Crippen LogP) is 1.60. The van der Waals surface area contributed by atoms with Gasteiger partial charge in [0.05, 0.1) is 5.92 Å². The van der Waals surface area contributed by atoms with Crippen LogP contribution < -0.4 is 11.1 Å². The number of carbonyl (C=O) groups is 1. The summed E-state index contributed by atoms with van der Waals surface area (Å²) in [5.41, 5.74) is 6.25. The normalized spacial score (nSPS) is 37.6. The predicted molar refractivity (Wildman–Crippen MR) is 84.8 cm³/mol. The lowest BCUT2D eigenvalue weighted by Crippen LogP contribution is -2.47. The van der Waals surface area contributed by atoms with Gasteiger partial charge in [0.15, 0.2) is 0 Å². The van der Waals surface area contributed by atoms with E-state index >= 15 is 0 Å². The maximum absolute atomic E-state index is 12.4. The minimum Gasteiger partial charge on any atom is -0.355 e. The van der Waals surface area contributed by atoms with Crippen LogP contribution >= 0.6 is 0 Å². The number of hydrogen-bond acceptors (Lipinski definition) is 3.